The maximum absolute atomic E-state index is 11.6. The van der Waals surface area contributed by atoms with Gasteiger partial charge in [-0.1, -0.05) is 19.3 Å². The van der Waals surface area contributed by atoms with Crippen molar-refractivity contribution < 1.29 is 4.79 Å². The van der Waals surface area contributed by atoms with Crippen LogP contribution in [0.3, 0.4) is 0 Å². The molecule has 0 amide bonds. The highest BCUT2D eigenvalue weighted by atomic mass is 32.2. The molecule has 0 spiro atoms. The molecule has 0 aliphatic heterocycles. The Morgan fingerprint density at radius 1 is 1.25 bits per heavy atom. The Kier molecular flexibility index (Phi) is 4.13. The molecule has 1 rings (SSSR count). The molecule has 0 aromatic rings. The Labute approximate surface area is 78.3 Å². The summed E-state index contributed by atoms with van der Waals surface area (Å²) in [5.41, 5.74) is 0. The first-order valence-corrected chi connectivity index (χ1v) is 7.29. The van der Waals surface area contributed by atoms with E-state index in [1.54, 1.807) is 0 Å². The lowest BCUT2D eigenvalue weighted by Crippen LogP contribution is -2.20. The monoisotopic (exact) mass is 188 g/mol. The van der Waals surface area contributed by atoms with Crippen LogP contribution in [-0.4, -0.2) is 24.0 Å². The van der Waals surface area contributed by atoms with Gasteiger partial charge in [0, 0.05) is 11.7 Å². The Balaban J connectivity index is 2.30. The fourth-order valence-electron chi connectivity index (χ4n) is 1.87. The molecule has 1 fully saturated rings. The summed E-state index contributed by atoms with van der Waals surface area (Å²) in [7, 11) is -0.0142. The first kappa shape index (κ1) is 10.1. The second kappa shape index (κ2) is 4.90. The van der Waals surface area contributed by atoms with Gasteiger partial charge in [-0.3, -0.25) is 15.7 Å². The summed E-state index contributed by atoms with van der Waals surface area (Å²) in [6, 6.07) is 0. The van der Waals surface area contributed by atoms with Crippen LogP contribution in [0, 0.1) is 5.92 Å². The van der Waals surface area contributed by atoms with Crippen LogP contribution in [0.2, 0.25) is 0 Å². The van der Waals surface area contributed by atoms with Crippen molar-refractivity contribution in [2.75, 3.05) is 18.3 Å². The first-order chi connectivity index (χ1) is 5.70. The lowest BCUT2D eigenvalue weighted by atomic mass is 9.87. The van der Waals surface area contributed by atoms with E-state index in [0.717, 1.165) is 5.75 Å². The van der Waals surface area contributed by atoms with Gasteiger partial charge in [0.25, 0.3) is 0 Å². The van der Waals surface area contributed by atoms with Gasteiger partial charge in [-0.2, -0.15) is 0 Å². The van der Waals surface area contributed by atoms with Crippen LogP contribution < -0.4 is 0 Å². The minimum absolute atomic E-state index is 0.0142. The van der Waals surface area contributed by atoms with Gasteiger partial charge in [0.15, 0.2) is 0 Å². The highest BCUT2D eigenvalue weighted by Crippen LogP contribution is 2.27. The van der Waals surface area contributed by atoms with Gasteiger partial charge in [-0.15, -0.1) is 0 Å². The molecule has 1 aliphatic carbocycles. The van der Waals surface area contributed by atoms with Crippen molar-refractivity contribution in [3.63, 3.8) is 0 Å². The summed E-state index contributed by atoms with van der Waals surface area (Å²) in [5, 5.41) is 0. The van der Waals surface area contributed by atoms with Crippen molar-refractivity contribution in [1.29, 1.82) is 0 Å². The van der Waals surface area contributed by atoms with Gasteiger partial charge in [-0.05, 0) is 25.4 Å². The largest absolute Gasteiger partial charge is 0.299 e. The van der Waals surface area contributed by atoms with E-state index < -0.39 is 0 Å². The summed E-state index contributed by atoms with van der Waals surface area (Å²) < 4.78 is 0. The number of carbonyl (C=O) groups excluding carboxylic acids is 1. The van der Waals surface area contributed by atoms with Gasteiger partial charge in [-0.25, -0.2) is 0 Å². The van der Waals surface area contributed by atoms with Crippen LogP contribution in [0.25, 0.3) is 0 Å². The van der Waals surface area contributed by atoms with Gasteiger partial charge in [0.05, 0.1) is 0 Å². The predicted octanol–water partition coefficient (Wildman–Crippen LogP) is 2.40. The van der Waals surface area contributed by atoms with Crippen molar-refractivity contribution in [3.05, 3.63) is 0 Å². The topological polar surface area (TPSA) is 17.1 Å². The molecule has 2 heteroatoms. The zero-order chi connectivity index (χ0) is 8.97. The van der Waals surface area contributed by atoms with Crippen LogP contribution in [0.1, 0.15) is 32.1 Å². The van der Waals surface area contributed by atoms with E-state index in [9.17, 15) is 4.79 Å². The molecule has 1 saturated carbocycles. The number of Topliss-reactive ketones (excluding diaryl/α,β-unsaturated/α-hetero) is 1. The number of rotatable bonds is 3. The van der Waals surface area contributed by atoms with Crippen LogP contribution in [0.15, 0.2) is 0 Å². The molecule has 0 aromatic heterocycles. The Morgan fingerprint density at radius 2 is 1.83 bits per heavy atom. The number of thiol groups is 1. The van der Waals surface area contributed by atoms with Gasteiger partial charge in [0.1, 0.15) is 5.78 Å². The number of hydrogen-bond acceptors (Lipinski definition) is 1. The molecule has 0 N–H and O–H groups in total. The number of carbonyl (C=O) groups is 1. The Morgan fingerprint density at radius 3 is 2.33 bits per heavy atom. The second-order valence-electron chi connectivity index (χ2n) is 4.04. The lowest BCUT2D eigenvalue weighted by Gasteiger charge is -2.21. The van der Waals surface area contributed by atoms with Crippen molar-refractivity contribution in [2.45, 2.75) is 32.1 Å². The van der Waals surface area contributed by atoms with E-state index in [-0.39, 0.29) is 10.9 Å². The van der Waals surface area contributed by atoms with Crippen molar-refractivity contribution in [2.24, 2.45) is 5.92 Å². The molecule has 12 heavy (non-hydrogen) atoms. The van der Waals surface area contributed by atoms with E-state index in [2.05, 4.69) is 12.5 Å². The molecular formula is C10H20OS. The quantitative estimate of drug-likeness (QED) is 0.673. The van der Waals surface area contributed by atoms with E-state index in [1.807, 2.05) is 0 Å². The third-order valence-electron chi connectivity index (χ3n) is 2.53. The molecular weight excluding hydrogens is 168 g/mol. The highest BCUT2D eigenvalue weighted by molar-refractivity contribution is 8.16. The van der Waals surface area contributed by atoms with Crippen molar-refractivity contribution in [1.82, 2.24) is 0 Å². The second-order valence-corrected chi connectivity index (χ2v) is 6.51. The highest BCUT2D eigenvalue weighted by Gasteiger charge is 2.20. The smallest absolute Gasteiger partial charge is 0.144 e. The van der Waals surface area contributed by atoms with Crippen LogP contribution in [0.4, 0.5) is 0 Å². The first-order valence-electron chi connectivity index (χ1n) is 4.87. The predicted molar refractivity (Wildman–Crippen MR) is 57.3 cm³/mol. The summed E-state index contributed by atoms with van der Waals surface area (Å²) >= 11 is 0. The SMILES string of the molecule is C[SH](C)CC(=O)C1CCCCC1. The summed E-state index contributed by atoms with van der Waals surface area (Å²) in [6.07, 6.45) is 10.6. The maximum atomic E-state index is 11.6. The Hall–Kier alpha value is 0.0200. The number of ketones is 1. The maximum Gasteiger partial charge on any atom is 0.144 e. The van der Waals surface area contributed by atoms with E-state index in [4.69, 9.17) is 0 Å². The number of hydrogen-bond donors (Lipinski definition) is 1. The third-order valence-corrected chi connectivity index (χ3v) is 3.48. The van der Waals surface area contributed by atoms with Crippen molar-refractivity contribution in [3.8, 4) is 0 Å². The van der Waals surface area contributed by atoms with Gasteiger partial charge >= 0.3 is 0 Å². The fraction of sp³-hybridized carbons (Fsp3) is 0.900. The molecule has 0 aromatic carbocycles. The fourth-order valence-corrected chi connectivity index (χ4v) is 2.75. The minimum atomic E-state index is -0.0142. The van der Waals surface area contributed by atoms with E-state index in [0.29, 0.717) is 11.7 Å². The molecule has 0 saturated heterocycles. The molecule has 0 bridgehead atoms. The van der Waals surface area contributed by atoms with Gasteiger partial charge in [0.2, 0.25) is 0 Å². The molecule has 0 radical (unpaired) electrons. The molecule has 0 unspecified atom stereocenters. The zero-order valence-electron chi connectivity index (χ0n) is 8.18. The molecule has 72 valence electrons. The lowest BCUT2D eigenvalue weighted by molar-refractivity contribution is -0.121. The van der Waals surface area contributed by atoms with Crippen LogP contribution in [-0.2, 0) is 4.79 Å². The molecule has 0 atom stereocenters. The van der Waals surface area contributed by atoms with Gasteiger partial charge < -0.3 is 0 Å². The van der Waals surface area contributed by atoms with E-state index in [1.165, 1.54) is 32.1 Å². The normalized spacial score (nSPS) is 20.7. The van der Waals surface area contributed by atoms with Crippen LogP contribution >= 0.6 is 10.9 Å². The van der Waals surface area contributed by atoms with E-state index >= 15 is 0 Å². The van der Waals surface area contributed by atoms with Crippen LogP contribution in [0.5, 0.6) is 0 Å². The van der Waals surface area contributed by atoms with Crippen molar-refractivity contribution >= 4 is 16.7 Å². The summed E-state index contributed by atoms with van der Waals surface area (Å²) in [4.78, 5) is 11.6. The average Bonchev–Trinajstić information content (AvgIpc) is 2.05. The summed E-state index contributed by atoms with van der Waals surface area (Å²) in [6.45, 7) is 0. The zero-order valence-corrected chi connectivity index (χ0v) is 9.07. The standard InChI is InChI=1S/C10H20OS/c1-12(2)8-10(11)9-6-4-3-5-7-9/h9,12H,3-8H2,1-2H3. The summed E-state index contributed by atoms with van der Waals surface area (Å²) in [5.74, 6) is 1.84. The molecule has 1 aliphatic rings. The molecule has 1 nitrogen and oxygen atoms in total. The minimum Gasteiger partial charge on any atom is -0.299 e. The third kappa shape index (κ3) is 3.18. The Bertz CT molecular complexity index is 148. The average molecular weight is 188 g/mol. The molecule has 0 heterocycles.